The number of benzene rings is 1. The van der Waals surface area contributed by atoms with Crippen LogP contribution >= 0.6 is 0 Å². The second-order valence-electron chi connectivity index (χ2n) is 12.5. The lowest BCUT2D eigenvalue weighted by Gasteiger charge is -2.28. The fourth-order valence-electron chi connectivity index (χ4n) is 5.82. The Morgan fingerprint density at radius 1 is 1.00 bits per heavy atom. The summed E-state index contributed by atoms with van der Waals surface area (Å²) in [5.74, 6) is -10.9. The minimum atomic E-state index is -3.00. The highest BCUT2D eigenvalue weighted by Crippen LogP contribution is 2.38. The zero-order chi connectivity index (χ0) is 36.4. The quantitative estimate of drug-likeness (QED) is 0.155. The third-order valence-electron chi connectivity index (χ3n) is 8.49. The van der Waals surface area contributed by atoms with Gasteiger partial charge < -0.3 is 30.5 Å². The van der Waals surface area contributed by atoms with Crippen LogP contribution in [0, 0.1) is 5.92 Å². The first-order valence-electron chi connectivity index (χ1n) is 16.2. The molecule has 0 saturated heterocycles. The van der Waals surface area contributed by atoms with Crippen LogP contribution in [-0.2, 0) is 28.7 Å². The number of amides is 3. The number of nitrogens with one attached hydrogen (secondary N) is 3. The normalized spacial score (nSPS) is 23.3. The first-order chi connectivity index (χ1) is 23.7. The van der Waals surface area contributed by atoms with Gasteiger partial charge in [-0.3, -0.25) is 24.0 Å². The molecule has 0 bridgehead atoms. The molecule has 3 aliphatic rings. The van der Waals surface area contributed by atoms with Crippen molar-refractivity contribution in [3.05, 3.63) is 72.1 Å². The Balaban J connectivity index is 1.46. The van der Waals surface area contributed by atoms with E-state index in [9.17, 15) is 46.6 Å². The Bertz CT molecular complexity index is 1580. The van der Waals surface area contributed by atoms with E-state index in [1.54, 1.807) is 18.2 Å². The summed E-state index contributed by atoms with van der Waals surface area (Å²) in [6.07, 6.45) is 8.16. The third-order valence-corrected chi connectivity index (χ3v) is 8.49. The number of alkyl halides is 2. The maximum Gasteiger partial charge on any atom is 0.313 e. The van der Waals surface area contributed by atoms with Crippen molar-refractivity contribution in [2.45, 2.75) is 88.3 Å². The molecule has 11 nitrogen and oxygen atoms in total. The van der Waals surface area contributed by atoms with Crippen LogP contribution in [0.5, 0.6) is 5.75 Å². The van der Waals surface area contributed by atoms with Crippen LogP contribution in [0.25, 0.3) is 0 Å². The number of carbonyl (C=O) groups is 5. The van der Waals surface area contributed by atoms with Crippen LogP contribution in [0.1, 0.15) is 58.3 Å². The molecule has 50 heavy (non-hydrogen) atoms. The zero-order valence-corrected chi connectivity index (χ0v) is 27.3. The Hall–Kier alpha value is -4.95. The molecule has 1 aromatic carbocycles. The lowest BCUT2D eigenvalue weighted by atomic mass is 9.84. The van der Waals surface area contributed by atoms with E-state index in [4.69, 9.17) is 9.47 Å². The molecule has 4 rings (SSSR count). The summed E-state index contributed by atoms with van der Waals surface area (Å²) >= 11 is 0. The Labute approximate surface area is 285 Å². The number of carbonyl (C=O) groups excluding carboxylic acids is 4. The van der Waals surface area contributed by atoms with Gasteiger partial charge in [0.25, 0.3) is 0 Å². The number of hydrogen-bond donors (Lipinski definition) is 4. The van der Waals surface area contributed by atoms with E-state index in [0.717, 1.165) is 32.1 Å². The number of allylic oxidation sites excluding steroid dienone is 6. The van der Waals surface area contributed by atoms with Gasteiger partial charge in [0.1, 0.15) is 30.5 Å². The molecule has 0 aromatic heterocycles. The molecule has 3 unspecified atom stereocenters. The van der Waals surface area contributed by atoms with Crippen molar-refractivity contribution < 1.29 is 56.1 Å². The average molecular weight is 706 g/mol. The van der Waals surface area contributed by atoms with Gasteiger partial charge in [-0.15, -0.1) is 0 Å². The van der Waals surface area contributed by atoms with Crippen molar-refractivity contribution in [3.63, 3.8) is 0 Å². The SMILES string of the molecule is CC1(F)C=C(F)C(F)=C(OCC(=O)[C@H](CC(=O)O)NC(=O)[C@H](CC2CCCCC2)NC(=O)C(=O)Nc2ccccc2OC2C=CC=CC2)C1F. The number of rotatable bonds is 14. The van der Waals surface area contributed by atoms with Gasteiger partial charge in [0.05, 0.1) is 12.1 Å². The van der Waals surface area contributed by atoms with E-state index >= 15 is 0 Å². The van der Waals surface area contributed by atoms with E-state index in [2.05, 4.69) is 16.0 Å². The summed E-state index contributed by atoms with van der Waals surface area (Å²) in [7, 11) is 0. The van der Waals surface area contributed by atoms with Gasteiger partial charge in [0.15, 0.2) is 35.0 Å². The number of halogens is 4. The van der Waals surface area contributed by atoms with Crippen LogP contribution in [0.4, 0.5) is 23.2 Å². The zero-order valence-electron chi connectivity index (χ0n) is 27.3. The topological polar surface area (TPSA) is 160 Å². The van der Waals surface area contributed by atoms with Gasteiger partial charge in [-0.1, -0.05) is 62.5 Å². The molecular formula is C35H39F4N3O8. The molecule has 0 aliphatic heterocycles. The van der Waals surface area contributed by atoms with Crippen molar-refractivity contribution in [1.82, 2.24) is 10.6 Å². The van der Waals surface area contributed by atoms with E-state index in [1.807, 2.05) is 24.3 Å². The smallest absolute Gasteiger partial charge is 0.313 e. The highest BCUT2D eigenvalue weighted by atomic mass is 19.2. The number of ketones is 1. The largest absolute Gasteiger partial charge is 0.484 e. The van der Waals surface area contributed by atoms with Crippen molar-refractivity contribution in [1.29, 1.82) is 0 Å². The summed E-state index contributed by atoms with van der Waals surface area (Å²) in [4.78, 5) is 64.3. The molecule has 4 N–H and O–H groups in total. The molecule has 1 aromatic rings. The average Bonchev–Trinajstić information content (AvgIpc) is 3.08. The van der Waals surface area contributed by atoms with Gasteiger partial charge in [-0.2, -0.15) is 4.39 Å². The van der Waals surface area contributed by atoms with Crippen LogP contribution in [0.15, 0.2) is 72.1 Å². The first kappa shape index (κ1) is 37.9. The maximum atomic E-state index is 14.5. The Kier molecular flexibility index (Phi) is 13.0. The molecular weight excluding hydrogens is 666 g/mol. The first-order valence-corrected chi connectivity index (χ1v) is 16.2. The molecule has 5 atom stereocenters. The van der Waals surface area contributed by atoms with Crippen LogP contribution in [0.2, 0.25) is 0 Å². The van der Waals surface area contributed by atoms with Crippen LogP contribution in [0.3, 0.4) is 0 Å². The van der Waals surface area contributed by atoms with E-state index in [0.29, 0.717) is 19.1 Å². The van der Waals surface area contributed by atoms with Crippen LogP contribution < -0.4 is 20.7 Å². The Morgan fingerprint density at radius 2 is 1.72 bits per heavy atom. The predicted molar refractivity (Wildman–Crippen MR) is 172 cm³/mol. The minimum Gasteiger partial charge on any atom is -0.484 e. The molecule has 3 amide bonds. The summed E-state index contributed by atoms with van der Waals surface area (Å²) in [6, 6.07) is 3.21. The monoisotopic (exact) mass is 705 g/mol. The molecule has 3 aliphatic carbocycles. The van der Waals surface area contributed by atoms with Gasteiger partial charge in [-0.05, 0) is 43.5 Å². The molecule has 0 heterocycles. The summed E-state index contributed by atoms with van der Waals surface area (Å²) in [5.41, 5.74) is -2.80. The fourth-order valence-corrected chi connectivity index (χ4v) is 5.82. The van der Waals surface area contributed by atoms with E-state index in [1.165, 1.54) is 6.07 Å². The van der Waals surface area contributed by atoms with Crippen molar-refractivity contribution in [3.8, 4) is 5.75 Å². The number of carboxylic acids is 1. The number of Topliss-reactive ketones (excluding diaryl/α,β-unsaturated/α-hetero) is 1. The fraction of sp³-hybridized carbons (Fsp3) is 0.457. The number of aliphatic carboxylic acids is 1. The number of ether oxygens (including phenoxy) is 2. The van der Waals surface area contributed by atoms with Crippen molar-refractivity contribution >= 4 is 35.2 Å². The predicted octanol–water partition coefficient (Wildman–Crippen LogP) is 5.00. The van der Waals surface area contributed by atoms with Crippen molar-refractivity contribution in [2.24, 2.45) is 5.92 Å². The second-order valence-corrected chi connectivity index (χ2v) is 12.5. The second kappa shape index (κ2) is 17.1. The highest BCUT2D eigenvalue weighted by Gasteiger charge is 2.44. The van der Waals surface area contributed by atoms with Gasteiger partial charge in [0.2, 0.25) is 5.91 Å². The van der Waals surface area contributed by atoms with E-state index in [-0.39, 0.29) is 30.2 Å². The lowest BCUT2D eigenvalue weighted by Crippen LogP contribution is -2.54. The number of para-hydroxylation sites is 2. The Morgan fingerprint density at radius 3 is 2.40 bits per heavy atom. The summed E-state index contributed by atoms with van der Waals surface area (Å²) < 4.78 is 67.7. The van der Waals surface area contributed by atoms with Gasteiger partial charge >= 0.3 is 17.8 Å². The highest BCUT2D eigenvalue weighted by molar-refractivity contribution is 6.40. The third kappa shape index (κ3) is 10.3. The number of carboxylic acid groups (broad SMARTS) is 1. The molecule has 1 fully saturated rings. The summed E-state index contributed by atoms with van der Waals surface area (Å²) in [5, 5.41) is 16.5. The molecule has 0 radical (unpaired) electrons. The lowest BCUT2D eigenvalue weighted by molar-refractivity contribution is -0.141. The standard InChI is InChI=1S/C35H39F4N3O8/c1-35(39)18-22(36)29(37)30(31(35)38)49-19-26(43)24(17-28(44)45)41-32(46)25(16-20-10-4-2-5-11-20)42-34(48)33(47)40-23-14-8-9-15-27(23)50-21-12-6-3-7-13-21/h3,6-9,12,14-15,18,20-21,24-25,31H,2,4-5,10-11,13,16-17,19H2,1H3,(H,40,47)(H,41,46)(H,42,48)(H,44,45)/t21?,24-,25-,31?,35?/m0/s1. The molecule has 0 spiro atoms. The number of anilines is 1. The molecule has 15 heteroatoms. The minimum absolute atomic E-state index is 0.0489. The van der Waals surface area contributed by atoms with E-state index < -0.39 is 83.8 Å². The summed E-state index contributed by atoms with van der Waals surface area (Å²) in [6.45, 7) is -0.621. The number of hydrogen-bond acceptors (Lipinski definition) is 7. The molecule has 1 saturated carbocycles. The van der Waals surface area contributed by atoms with Gasteiger partial charge in [0, 0.05) is 6.42 Å². The van der Waals surface area contributed by atoms with Crippen LogP contribution in [-0.4, -0.2) is 71.2 Å². The maximum absolute atomic E-state index is 14.5. The molecule has 270 valence electrons. The van der Waals surface area contributed by atoms with Gasteiger partial charge in [-0.25, -0.2) is 13.2 Å². The van der Waals surface area contributed by atoms with Crippen molar-refractivity contribution in [2.75, 3.05) is 11.9 Å².